The number of amides is 1. The standard InChI is InChI=1S/C13H14ClIN2OS/c14-9-6-7(4-5-10(9)15)13(18)17-11-3-1-2-8(11)12(16)19/h4-6,8,11H,1-3H2,(H2,16,19)(H,17,18). The third-order valence-corrected chi connectivity index (χ3v) is 5.25. The van der Waals surface area contributed by atoms with Gasteiger partial charge in [-0.3, -0.25) is 4.79 Å². The van der Waals surface area contributed by atoms with Gasteiger partial charge in [0.1, 0.15) is 0 Å². The summed E-state index contributed by atoms with van der Waals surface area (Å²) >= 11 is 13.2. The second-order valence-electron chi connectivity index (χ2n) is 4.65. The number of hydrogen-bond acceptors (Lipinski definition) is 2. The van der Waals surface area contributed by atoms with Gasteiger partial charge in [-0.05, 0) is 53.6 Å². The molecular formula is C13H14ClIN2OS. The molecule has 3 N–H and O–H groups in total. The van der Waals surface area contributed by atoms with Crippen molar-refractivity contribution in [2.75, 3.05) is 0 Å². The van der Waals surface area contributed by atoms with Crippen molar-refractivity contribution in [2.45, 2.75) is 25.3 Å². The van der Waals surface area contributed by atoms with Gasteiger partial charge >= 0.3 is 0 Å². The fraction of sp³-hybridized carbons (Fsp3) is 0.385. The van der Waals surface area contributed by atoms with Crippen molar-refractivity contribution < 1.29 is 4.79 Å². The lowest BCUT2D eigenvalue weighted by Gasteiger charge is -2.20. The molecule has 0 saturated heterocycles. The van der Waals surface area contributed by atoms with Crippen molar-refractivity contribution in [2.24, 2.45) is 11.7 Å². The minimum absolute atomic E-state index is 0.0445. The van der Waals surface area contributed by atoms with E-state index in [-0.39, 0.29) is 17.9 Å². The first-order valence-corrected chi connectivity index (χ1v) is 7.91. The summed E-state index contributed by atoms with van der Waals surface area (Å²) < 4.78 is 0.928. The lowest BCUT2D eigenvalue weighted by atomic mass is 10.0. The van der Waals surface area contributed by atoms with Gasteiger partial charge in [-0.25, -0.2) is 0 Å². The van der Waals surface area contributed by atoms with Crippen molar-refractivity contribution in [3.8, 4) is 0 Å². The van der Waals surface area contributed by atoms with Crippen LogP contribution in [0.15, 0.2) is 18.2 Å². The fourth-order valence-corrected chi connectivity index (χ4v) is 3.16. The number of thiocarbonyl (C=S) groups is 1. The van der Waals surface area contributed by atoms with Gasteiger partial charge in [0.2, 0.25) is 0 Å². The number of carbonyl (C=O) groups is 1. The van der Waals surface area contributed by atoms with Crippen molar-refractivity contribution in [3.05, 3.63) is 32.4 Å². The quantitative estimate of drug-likeness (QED) is 0.597. The summed E-state index contributed by atoms with van der Waals surface area (Å²) in [5, 5.41) is 3.59. The lowest BCUT2D eigenvalue weighted by molar-refractivity contribution is 0.0934. The van der Waals surface area contributed by atoms with E-state index in [1.807, 2.05) is 6.07 Å². The third kappa shape index (κ3) is 3.58. The Kier molecular flexibility index (Phi) is 5.03. The number of nitrogens with one attached hydrogen (secondary N) is 1. The van der Waals surface area contributed by atoms with E-state index in [0.717, 1.165) is 22.8 Å². The van der Waals surface area contributed by atoms with Crippen molar-refractivity contribution in [1.82, 2.24) is 5.32 Å². The van der Waals surface area contributed by atoms with Crippen LogP contribution in [0.2, 0.25) is 5.02 Å². The first kappa shape index (κ1) is 15.0. The number of carbonyl (C=O) groups excluding carboxylic acids is 1. The minimum atomic E-state index is -0.119. The van der Waals surface area contributed by atoms with E-state index in [1.54, 1.807) is 12.1 Å². The van der Waals surface area contributed by atoms with Crippen molar-refractivity contribution >= 4 is 57.3 Å². The van der Waals surface area contributed by atoms with E-state index in [2.05, 4.69) is 27.9 Å². The third-order valence-electron chi connectivity index (χ3n) is 3.38. The van der Waals surface area contributed by atoms with Crippen LogP contribution in [0.25, 0.3) is 0 Å². The maximum absolute atomic E-state index is 12.2. The van der Waals surface area contributed by atoms with Gasteiger partial charge in [0, 0.05) is 21.1 Å². The normalized spacial score (nSPS) is 22.2. The Bertz CT molecular complexity index is 523. The van der Waals surface area contributed by atoms with E-state index in [9.17, 15) is 4.79 Å². The molecule has 0 radical (unpaired) electrons. The van der Waals surface area contributed by atoms with Crippen LogP contribution in [0.1, 0.15) is 29.6 Å². The summed E-state index contributed by atoms with van der Waals surface area (Å²) in [4.78, 5) is 12.7. The molecule has 0 aromatic heterocycles. The summed E-state index contributed by atoms with van der Waals surface area (Å²) in [7, 11) is 0. The zero-order valence-electron chi connectivity index (χ0n) is 10.2. The van der Waals surface area contributed by atoms with Crippen LogP contribution in [0.4, 0.5) is 0 Å². The Labute approximate surface area is 136 Å². The van der Waals surface area contributed by atoms with Gasteiger partial charge in [-0.2, -0.15) is 0 Å². The first-order valence-electron chi connectivity index (χ1n) is 6.04. The minimum Gasteiger partial charge on any atom is -0.393 e. The molecule has 0 aliphatic heterocycles. The maximum Gasteiger partial charge on any atom is 0.251 e. The van der Waals surface area contributed by atoms with Gasteiger partial charge in [0.05, 0.1) is 10.0 Å². The van der Waals surface area contributed by atoms with Crippen LogP contribution in [0.3, 0.4) is 0 Å². The molecule has 102 valence electrons. The summed E-state index contributed by atoms with van der Waals surface area (Å²) in [6, 6.07) is 5.33. The van der Waals surface area contributed by atoms with Crippen molar-refractivity contribution in [1.29, 1.82) is 0 Å². The Hall–Kier alpha value is -0.400. The molecule has 1 aliphatic carbocycles. The predicted octanol–water partition coefficient (Wildman–Crippen LogP) is 3.13. The lowest BCUT2D eigenvalue weighted by Crippen LogP contribution is -2.41. The van der Waals surface area contributed by atoms with Gasteiger partial charge < -0.3 is 11.1 Å². The van der Waals surface area contributed by atoms with Crippen LogP contribution in [-0.4, -0.2) is 16.9 Å². The van der Waals surface area contributed by atoms with Gasteiger partial charge in [0.25, 0.3) is 5.91 Å². The van der Waals surface area contributed by atoms with Crippen LogP contribution in [0, 0.1) is 9.49 Å². The van der Waals surface area contributed by atoms with Crippen LogP contribution < -0.4 is 11.1 Å². The molecule has 3 nitrogen and oxygen atoms in total. The largest absolute Gasteiger partial charge is 0.393 e. The highest BCUT2D eigenvalue weighted by Gasteiger charge is 2.30. The molecule has 2 rings (SSSR count). The maximum atomic E-state index is 12.2. The van der Waals surface area contributed by atoms with E-state index in [0.29, 0.717) is 15.6 Å². The summed E-state index contributed by atoms with van der Waals surface area (Å²) in [6.07, 6.45) is 2.92. The van der Waals surface area contributed by atoms with Crippen LogP contribution >= 0.6 is 46.4 Å². The Balaban J connectivity index is 2.08. The number of rotatable bonds is 3. The van der Waals surface area contributed by atoms with Crippen LogP contribution in [-0.2, 0) is 0 Å². The number of benzene rings is 1. The molecule has 1 fully saturated rings. The molecule has 0 bridgehead atoms. The van der Waals surface area contributed by atoms with Crippen LogP contribution in [0.5, 0.6) is 0 Å². The smallest absolute Gasteiger partial charge is 0.251 e. The zero-order chi connectivity index (χ0) is 14.0. The molecule has 1 aromatic rings. The van der Waals surface area contributed by atoms with Gasteiger partial charge in [-0.1, -0.05) is 30.2 Å². The van der Waals surface area contributed by atoms with Crippen molar-refractivity contribution in [3.63, 3.8) is 0 Å². The molecule has 2 unspecified atom stereocenters. The molecule has 0 heterocycles. The highest BCUT2D eigenvalue weighted by molar-refractivity contribution is 14.1. The summed E-state index contributed by atoms with van der Waals surface area (Å²) in [6.45, 7) is 0. The Morgan fingerprint density at radius 3 is 2.84 bits per heavy atom. The second kappa shape index (κ2) is 6.37. The number of halogens is 2. The highest BCUT2D eigenvalue weighted by Crippen LogP contribution is 2.26. The van der Waals surface area contributed by atoms with E-state index < -0.39 is 0 Å². The topological polar surface area (TPSA) is 55.1 Å². The SMILES string of the molecule is NC(=S)C1CCCC1NC(=O)c1ccc(I)c(Cl)c1. The molecule has 1 amide bonds. The fourth-order valence-electron chi connectivity index (χ4n) is 2.36. The molecule has 1 aromatic carbocycles. The average molecular weight is 409 g/mol. The number of nitrogens with two attached hydrogens (primary N) is 1. The molecular weight excluding hydrogens is 395 g/mol. The Morgan fingerprint density at radius 1 is 1.47 bits per heavy atom. The molecule has 6 heteroatoms. The highest BCUT2D eigenvalue weighted by atomic mass is 127. The zero-order valence-corrected chi connectivity index (χ0v) is 13.9. The predicted molar refractivity (Wildman–Crippen MR) is 89.5 cm³/mol. The first-order chi connectivity index (χ1) is 8.99. The summed E-state index contributed by atoms with van der Waals surface area (Å²) in [5.41, 5.74) is 6.27. The molecule has 2 atom stereocenters. The molecule has 19 heavy (non-hydrogen) atoms. The Morgan fingerprint density at radius 2 is 2.21 bits per heavy atom. The summed E-state index contributed by atoms with van der Waals surface area (Å²) in [5.74, 6) is -0.00952. The number of hydrogen-bond donors (Lipinski definition) is 2. The monoisotopic (exact) mass is 408 g/mol. The van der Waals surface area contributed by atoms with Gasteiger partial charge in [0.15, 0.2) is 0 Å². The van der Waals surface area contributed by atoms with E-state index >= 15 is 0 Å². The second-order valence-corrected chi connectivity index (χ2v) is 6.69. The van der Waals surface area contributed by atoms with E-state index in [4.69, 9.17) is 29.6 Å². The van der Waals surface area contributed by atoms with Gasteiger partial charge in [-0.15, -0.1) is 0 Å². The molecule has 1 saturated carbocycles. The molecule has 1 aliphatic rings. The van der Waals surface area contributed by atoms with E-state index in [1.165, 1.54) is 0 Å². The average Bonchev–Trinajstić information content (AvgIpc) is 2.80. The molecule has 0 spiro atoms.